The largest absolute Gasteiger partial charge is 0.349 e. The van der Waals surface area contributed by atoms with Crippen molar-refractivity contribution >= 4 is 28.3 Å². The summed E-state index contributed by atoms with van der Waals surface area (Å²) in [6, 6.07) is 23.5. The highest BCUT2D eigenvalue weighted by molar-refractivity contribution is 6.31. The SMILES string of the molecule is O=C(NC1CC2CCC(C1)N2Cc1ccccc1Cl)c1ccc2ccccc2c1. The van der Waals surface area contributed by atoms with Crippen LogP contribution in [0.4, 0.5) is 0 Å². The molecule has 2 saturated heterocycles. The molecule has 0 saturated carbocycles. The van der Waals surface area contributed by atoms with Crippen LogP contribution >= 0.6 is 11.6 Å². The summed E-state index contributed by atoms with van der Waals surface area (Å²) in [5.41, 5.74) is 1.94. The van der Waals surface area contributed by atoms with E-state index in [1.165, 1.54) is 18.4 Å². The monoisotopic (exact) mass is 404 g/mol. The molecule has 3 nitrogen and oxygen atoms in total. The number of hydrogen-bond donors (Lipinski definition) is 1. The molecular formula is C25H25ClN2O. The maximum atomic E-state index is 12.9. The number of carbonyl (C=O) groups is 1. The molecule has 0 spiro atoms. The molecule has 2 atom stereocenters. The second-order valence-electron chi connectivity index (χ2n) is 8.35. The Kier molecular flexibility index (Phi) is 5.03. The van der Waals surface area contributed by atoms with Crippen LogP contribution in [0.5, 0.6) is 0 Å². The zero-order chi connectivity index (χ0) is 19.8. The Hall–Kier alpha value is -2.36. The van der Waals surface area contributed by atoms with Gasteiger partial charge in [0.1, 0.15) is 0 Å². The van der Waals surface area contributed by atoms with Gasteiger partial charge in [0.25, 0.3) is 5.91 Å². The summed E-state index contributed by atoms with van der Waals surface area (Å²) >= 11 is 6.38. The quantitative estimate of drug-likeness (QED) is 0.629. The summed E-state index contributed by atoms with van der Waals surface area (Å²) in [6.45, 7) is 0.903. The Labute approximate surface area is 176 Å². The number of nitrogens with zero attached hydrogens (tertiary/aromatic N) is 1. The van der Waals surface area contributed by atoms with Gasteiger partial charge in [-0.1, -0.05) is 60.1 Å². The van der Waals surface area contributed by atoms with E-state index in [4.69, 9.17) is 11.6 Å². The van der Waals surface area contributed by atoms with Crippen LogP contribution in [0.1, 0.15) is 41.6 Å². The molecule has 0 radical (unpaired) electrons. The first-order valence-electron chi connectivity index (χ1n) is 10.5. The van der Waals surface area contributed by atoms with Gasteiger partial charge in [0.05, 0.1) is 0 Å². The molecule has 2 unspecified atom stereocenters. The predicted molar refractivity (Wildman–Crippen MR) is 118 cm³/mol. The molecule has 5 rings (SSSR count). The molecule has 0 aliphatic carbocycles. The second kappa shape index (κ2) is 7.81. The molecule has 3 aromatic rings. The first kappa shape index (κ1) is 18.7. The topological polar surface area (TPSA) is 32.3 Å². The first-order chi connectivity index (χ1) is 14.2. The van der Waals surface area contributed by atoms with Crippen LogP contribution in [0.3, 0.4) is 0 Å². The molecule has 2 bridgehead atoms. The molecule has 4 heteroatoms. The van der Waals surface area contributed by atoms with Crippen LogP contribution in [-0.4, -0.2) is 28.9 Å². The second-order valence-corrected chi connectivity index (χ2v) is 8.76. The van der Waals surface area contributed by atoms with Crippen molar-refractivity contribution in [2.75, 3.05) is 0 Å². The molecule has 1 amide bonds. The average Bonchev–Trinajstić information content (AvgIpc) is 2.97. The highest BCUT2D eigenvalue weighted by Crippen LogP contribution is 2.37. The standard InChI is InChI=1S/C25H25ClN2O/c26-24-8-4-3-7-20(24)16-28-22-11-12-23(28)15-21(14-22)27-25(29)19-10-9-17-5-1-2-6-18(17)13-19/h1-10,13,21-23H,11-12,14-16H2,(H,27,29). The highest BCUT2D eigenvalue weighted by atomic mass is 35.5. The Bertz CT molecular complexity index is 1040. The molecule has 2 aliphatic rings. The predicted octanol–water partition coefficient (Wildman–Crippen LogP) is 5.42. The van der Waals surface area contributed by atoms with E-state index in [-0.39, 0.29) is 11.9 Å². The van der Waals surface area contributed by atoms with Crippen LogP contribution in [0.2, 0.25) is 5.02 Å². The normalized spacial score (nSPS) is 24.0. The number of nitrogens with one attached hydrogen (secondary N) is 1. The molecule has 0 aromatic heterocycles. The summed E-state index contributed by atoms with van der Waals surface area (Å²) < 4.78 is 0. The average molecular weight is 405 g/mol. The lowest BCUT2D eigenvalue weighted by Gasteiger charge is -2.39. The molecule has 29 heavy (non-hydrogen) atoms. The van der Waals surface area contributed by atoms with Crippen molar-refractivity contribution in [2.24, 2.45) is 0 Å². The van der Waals surface area contributed by atoms with Crippen LogP contribution in [-0.2, 0) is 6.54 Å². The number of piperidine rings is 1. The minimum Gasteiger partial charge on any atom is -0.349 e. The number of amides is 1. The van der Waals surface area contributed by atoms with Gasteiger partial charge in [-0.2, -0.15) is 0 Å². The van der Waals surface area contributed by atoms with Gasteiger partial charge in [-0.25, -0.2) is 0 Å². The van der Waals surface area contributed by atoms with E-state index in [1.807, 2.05) is 42.5 Å². The third kappa shape index (κ3) is 3.77. The lowest BCUT2D eigenvalue weighted by Crippen LogP contribution is -2.50. The van der Waals surface area contributed by atoms with Crippen molar-refractivity contribution in [1.29, 1.82) is 0 Å². The van der Waals surface area contributed by atoms with Crippen molar-refractivity contribution in [3.63, 3.8) is 0 Å². The molecule has 2 heterocycles. The number of rotatable bonds is 4. The molecule has 2 aliphatic heterocycles. The van der Waals surface area contributed by atoms with Crippen LogP contribution < -0.4 is 5.32 Å². The lowest BCUT2D eigenvalue weighted by molar-refractivity contribution is 0.0828. The Morgan fingerprint density at radius 1 is 0.931 bits per heavy atom. The van der Waals surface area contributed by atoms with Crippen molar-refractivity contribution in [2.45, 2.75) is 50.4 Å². The molecule has 2 fully saturated rings. The van der Waals surface area contributed by atoms with Crippen LogP contribution in [0.25, 0.3) is 10.8 Å². The van der Waals surface area contributed by atoms with Crippen molar-refractivity contribution in [3.05, 3.63) is 82.9 Å². The fraction of sp³-hybridized carbons (Fsp3) is 0.320. The minimum absolute atomic E-state index is 0.0414. The van der Waals surface area contributed by atoms with E-state index >= 15 is 0 Å². The van der Waals surface area contributed by atoms with Gasteiger partial charge in [-0.05, 0) is 60.2 Å². The van der Waals surface area contributed by atoms with Gasteiger partial charge >= 0.3 is 0 Å². The molecular weight excluding hydrogens is 380 g/mol. The fourth-order valence-electron chi connectivity index (χ4n) is 5.07. The van der Waals surface area contributed by atoms with Gasteiger partial charge in [0, 0.05) is 35.3 Å². The van der Waals surface area contributed by atoms with Crippen LogP contribution in [0.15, 0.2) is 66.7 Å². The van der Waals surface area contributed by atoms with E-state index < -0.39 is 0 Å². The van der Waals surface area contributed by atoms with Gasteiger partial charge < -0.3 is 5.32 Å². The van der Waals surface area contributed by atoms with Crippen LogP contribution in [0, 0.1) is 0 Å². The summed E-state index contributed by atoms with van der Waals surface area (Å²) in [7, 11) is 0. The Morgan fingerprint density at radius 3 is 2.38 bits per heavy atom. The number of benzene rings is 3. The molecule has 1 N–H and O–H groups in total. The van der Waals surface area contributed by atoms with Crippen molar-refractivity contribution < 1.29 is 4.79 Å². The Balaban J connectivity index is 1.26. The van der Waals surface area contributed by atoms with E-state index in [1.54, 1.807) is 0 Å². The zero-order valence-electron chi connectivity index (χ0n) is 16.4. The smallest absolute Gasteiger partial charge is 0.251 e. The summed E-state index contributed by atoms with van der Waals surface area (Å²) in [5, 5.41) is 6.42. The number of halogens is 1. The van der Waals surface area contributed by atoms with Crippen molar-refractivity contribution in [3.8, 4) is 0 Å². The number of carbonyl (C=O) groups excluding carboxylic acids is 1. The third-order valence-corrected chi connectivity index (χ3v) is 6.91. The lowest BCUT2D eigenvalue weighted by atomic mass is 9.96. The summed E-state index contributed by atoms with van der Waals surface area (Å²) in [5.74, 6) is 0.0414. The van der Waals surface area contributed by atoms with E-state index in [0.717, 1.165) is 40.7 Å². The van der Waals surface area contributed by atoms with E-state index in [0.29, 0.717) is 12.1 Å². The van der Waals surface area contributed by atoms with Crippen molar-refractivity contribution in [1.82, 2.24) is 10.2 Å². The highest BCUT2D eigenvalue weighted by Gasteiger charge is 2.41. The maximum absolute atomic E-state index is 12.9. The third-order valence-electron chi connectivity index (χ3n) is 6.54. The minimum atomic E-state index is 0.0414. The van der Waals surface area contributed by atoms with Gasteiger partial charge in [0.15, 0.2) is 0 Å². The van der Waals surface area contributed by atoms with Gasteiger partial charge in [-0.3, -0.25) is 9.69 Å². The van der Waals surface area contributed by atoms with Gasteiger partial charge in [0.2, 0.25) is 0 Å². The Morgan fingerprint density at radius 2 is 1.62 bits per heavy atom. The molecule has 148 valence electrons. The van der Waals surface area contributed by atoms with E-state index in [2.05, 4.69) is 34.5 Å². The number of hydrogen-bond acceptors (Lipinski definition) is 2. The summed E-state index contributed by atoms with van der Waals surface area (Å²) in [6.07, 6.45) is 4.44. The zero-order valence-corrected chi connectivity index (χ0v) is 17.1. The maximum Gasteiger partial charge on any atom is 0.251 e. The fourth-order valence-corrected chi connectivity index (χ4v) is 5.27. The summed E-state index contributed by atoms with van der Waals surface area (Å²) in [4.78, 5) is 15.5. The van der Waals surface area contributed by atoms with Gasteiger partial charge in [-0.15, -0.1) is 0 Å². The molecule has 3 aromatic carbocycles. The number of fused-ring (bicyclic) bond motifs is 3. The first-order valence-corrected chi connectivity index (χ1v) is 10.8. The van der Waals surface area contributed by atoms with E-state index in [9.17, 15) is 4.79 Å².